The van der Waals surface area contributed by atoms with E-state index in [0.717, 1.165) is 6.07 Å². The highest BCUT2D eigenvalue weighted by atomic mass is 32.2. The van der Waals surface area contributed by atoms with Crippen molar-refractivity contribution in [3.05, 3.63) is 22.9 Å². The zero-order chi connectivity index (χ0) is 12.5. The van der Waals surface area contributed by atoms with Crippen molar-refractivity contribution in [1.29, 1.82) is 5.26 Å². The zero-order valence-corrected chi connectivity index (χ0v) is 8.92. The molecular weight excluding hydrogens is 240 g/mol. The first kappa shape index (κ1) is 12.5. The number of pyridine rings is 1. The molecule has 1 heterocycles. The fourth-order valence-corrected chi connectivity index (χ4v) is 1.88. The molecule has 0 amide bonds. The summed E-state index contributed by atoms with van der Waals surface area (Å²) in [6, 6.07) is 2.45. The molecule has 2 N–H and O–H groups in total. The number of hydrogen-bond acceptors (Lipinski definition) is 4. The Morgan fingerprint density at radius 1 is 1.56 bits per heavy atom. The fourth-order valence-electron chi connectivity index (χ4n) is 1.11. The van der Waals surface area contributed by atoms with Crippen molar-refractivity contribution >= 4 is 10.0 Å². The number of aromatic nitrogens is 1. The second kappa shape index (κ2) is 4.11. The Balaban J connectivity index is 3.63. The first-order chi connectivity index (χ1) is 7.27. The number of hydrogen-bond donors (Lipinski definition) is 1. The lowest BCUT2D eigenvalue weighted by Crippen LogP contribution is -2.17. The smallest absolute Gasteiger partial charge is 0.234 e. The summed E-state index contributed by atoms with van der Waals surface area (Å²) in [5.41, 5.74) is -1.00. The molecule has 0 bridgehead atoms. The maximum atomic E-state index is 12.4. The van der Waals surface area contributed by atoms with Crippen molar-refractivity contribution < 1.29 is 17.2 Å². The van der Waals surface area contributed by atoms with Crippen molar-refractivity contribution in [2.24, 2.45) is 5.14 Å². The summed E-state index contributed by atoms with van der Waals surface area (Å²) in [7, 11) is -4.22. The molecule has 1 aromatic rings. The van der Waals surface area contributed by atoms with Crippen LogP contribution in [0.2, 0.25) is 0 Å². The summed E-state index contributed by atoms with van der Waals surface area (Å²) < 4.78 is 46.9. The van der Waals surface area contributed by atoms with E-state index in [0.29, 0.717) is 0 Å². The van der Waals surface area contributed by atoms with Crippen LogP contribution in [-0.2, 0) is 10.0 Å². The highest BCUT2D eigenvalue weighted by Gasteiger charge is 2.21. The Bertz CT molecular complexity index is 563. The summed E-state index contributed by atoms with van der Waals surface area (Å²) in [4.78, 5) is 3.24. The number of primary sulfonamides is 1. The molecule has 8 heteroatoms. The molecule has 0 aliphatic carbocycles. The van der Waals surface area contributed by atoms with Gasteiger partial charge in [-0.1, -0.05) is 0 Å². The molecule has 0 aliphatic rings. The topological polar surface area (TPSA) is 96.8 Å². The summed E-state index contributed by atoms with van der Waals surface area (Å²) in [5, 5.41) is 12.8. The normalized spacial score (nSPS) is 11.5. The SMILES string of the molecule is Cc1c(C#N)cc(C(F)F)nc1S(N)(=O)=O. The van der Waals surface area contributed by atoms with E-state index < -0.39 is 27.2 Å². The number of nitrogens with two attached hydrogens (primary N) is 1. The van der Waals surface area contributed by atoms with E-state index in [1.807, 2.05) is 0 Å². The lowest BCUT2D eigenvalue weighted by molar-refractivity contribution is 0.145. The summed E-state index contributed by atoms with van der Waals surface area (Å²) in [6.07, 6.45) is -2.96. The van der Waals surface area contributed by atoms with Crippen molar-refractivity contribution in [2.45, 2.75) is 18.4 Å². The summed E-state index contributed by atoms with van der Waals surface area (Å²) >= 11 is 0. The van der Waals surface area contributed by atoms with Gasteiger partial charge in [0.1, 0.15) is 5.69 Å². The minimum absolute atomic E-state index is 0.0330. The van der Waals surface area contributed by atoms with Crippen LogP contribution in [0, 0.1) is 18.3 Å². The van der Waals surface area contributed by atoms with Crippen LogP contribution in [0.25, 0.3) is 0 Å². The molecule has 0 fully saturated rings. The Kier molecular flexibility index (Phi) is 3.21. The third kappa shape index (κ3) is 2.32. The Labute approximate surface area is 90.6 Å². The third-order valence-electron chi connectivity index (χ3n) is 1.86. The Morgan fingerprint density at radius 2 is 2.12 bits per heavy atom. The zero-order valence-electron chi connectivity index (χ0n) is 8.11. The van der Waals surface area contributed by atoms with Gasteiger partial charge in [0.2, 0.25) is 0 Å². The fraction of sp³-hybridized carbons (Fsp3) is 0.250. The van der Waals surface area contributed by atoms with Crippen LogP contribution in [0.5, 0.6) is 0 Å². The van der Waals surface area contributed by atoms with E-state index in [1.165, 1.54) is 6.92 Å². The number of nitriles is 1. The first-order valence-corrected chi connectivity index (χ1v) is 5.54. The maximum Gasteiger partial charge on any atom is 0.280 e. The van der Waals surface area contributed by atoms with Gasteiger partial charge in [-0.2, -0.15) is 5.26 Å². The number of nitrogens with zero attached hydrogens (tertiary/aromatic N) is 2. The van der Waals surface area contributed by atoms with E-state index in [1.54, 1.807) is 6.07 Å². The van der Waals surface area contributed by atoms with Crippen molar-refractivity contribution in [3.63, 3.8) is 0 Å². The van der Waals surface area contributed by atoms with Gasteiger partial charge in [-0.25, -0.2) is 27.3 Å². The second-order valence-corrected chi connectivity index (χ2v) is 4.46. The second-order valence-electron chi connectivity index (χ2n) is 2.98. The molecular formula is C8H7F2N3O2S. The van der Waals surface area contributed by atoms with Crippen LogP contribution in [0.15, 0.2) is 11.1 Å². The average Bonchev–Trinajstić information content (AvgIpc) is 2.15. The van der Waals surface area contributed by atoms with E-state index in [2.05, 4.69) is 4.98 Å². The van der Waals surface area contributed by atoms with Crippen LogP contribution in [0.1, 0.15) is 23.2 Å². The molecule has 5 nitrogen and oxygen atoms in total. The quantitative estimate of drug-likeness (QED) is 0.837. The van der Waals surface area contributed by atoms with E-state index in [-0.39, 0.29) is 11.1 Å². The molecule has 0 atom stereocenters. The molecule has 86 valence electrons. The molecule has 0 spiro atoms. The molecule has 0 unspecified atom stereocenters. The molecule has 1 aromatic heterocycles. The number of alkyl halides is 2. The minimum Gasteiger partial charge on any atom is -0.234 e. The van der Waals surface area contributed by atoms with Gasteiger partial charge in [0, 0.05) is 5.56 Å². The summed E-state index contributed by atoms with van der Waals surface area (Å²) in [5.74, 6) is 0. The largest absolute Gasteiger partial charge is 0.280 e. The maximum absolute atomic E-state index is 12.4. The van der Waals surface area contributed by atoms with E-state index >= 15 is 0 Å². The Morgan fingerprint density at radius 3 is 2.50 bits per heavy atom. The van der Waals surface area contributed by atoms with Crippen molar-refractivity contribution in [1.82, 2.24) is 4.98 Å². The van der Waals surface area contributed by atoms with Crippen LogP contribution in [0.3, 0.4) is 0 Å². The van der Waals surface area contributed by atoms with Crippen molar-refractivity contribution in [3.8, 4) is 6.07 Å². The van der Waals surface area contributed by atoms with Gasteiger partial charge in [0.25, 0.3) is 16.4 Å². The molecule has 0 saturated heterocycles. The van der Waals surface area contributed by atoms with Gasteiger partial charge in [-0.3, -0.25) is 0 Å². The monoisotopic (exact) mass is 247 g/mol. The van der Waals surface area contributed by atoms with E-state index in [9.17, 15) is 17.2 Å². The lowest BCUT2D eigenvalue weighted by atomic mass is 10.1. The van der Waals surface area contributed by atoms with Crippen LogP contribution < -0.4 is 5.14 Å². The third-order valence-corrected chi connectivity index (χ3v) is 2.80. The molecule has 0 radical (unpaired) electrons. The average molecular weight is 247 g/mol. The highest BCUT2D eigenvalue weighted by Crippen LogP contribution is 2.23. The van der Waals surface area contributed by atoms with E-state index in [4.69, 9.17) is 10.4 Å². The predicted molar refractivity (Wildman–Crippen MR) is 50.0 cm³/mol. The standard InChI is InChI=1S/C8H7F2N3O2S/c1-4-5(3-11)2-6(7(9)10)13-8(4)16(12,14)15/h2,7H,1H3,(H2,12,14,15). The van der Waals surface area contributed by atoms with Crippen LogP contribution >= 0.6 is 0 Å². The molecule has 16 heavy (non-hydrogen) atoms. The van der Waals surface area contributed by atoms with Gasteiger partial charge in [-0.05, 0) is 13.0 Å². The van der Waals surface area contributed by atoms with Gasteiger partial charge in [0.15, 0.2) is 5.03 Å². The number of sulfonamides is 1. The van der Waals surface area contributed by atoms with Gasteiger partial charge < -0.3 is 0 Å². The van der Waals surface area contributed by atoms with Gasteiger partial charge >= 0.3 is 0 Å². The molecule has 1 rings (SSSR count). The van der Waals surface area contributed by atoms with Crippen molar-refractivity contribution in [2.75, 3.05) is 0 Å². The van der Waals surface area contributed by atoms with Crippen LogP contribution in [-0.4, -0.2) is 13.4 Å². The predicted octanol–water partition coefficient (Wildman–Crippen LogP) is 0.847. The van der Waals surface area contributed by atoms with Crippen LogP contribution in [0.4, 0.5) is 8.78 Å². The number of halogens is 2. The van der Waals surface area contributed by atoms with Gasteiger partial charge in [0.05, 0.1) is 11.6 Å². The van der Waals surface area contributed by atoms with Gasteiger partial charge in [-0.15, -0.1) is 0 Å². The molecule has 0 saturated carbocycles. The molecule has 0 aromatic carbocycles. The lowest BCUT2D eigenvalue weighted by Gasteiger charge is -2.07. The molecule has 0 aliphatic heterocycles. The highest BCUT2D eigenvalue weighted by molar-refractivity contribution is 7.89. The minimum atomic E-state index is -4.22. The number of rotatable bonds is 2. The first-order valence-electron chi connectivity index (χ1n) is 4.00. The summed E-state index contributed by atoms with van der Waals surface area (Å²) in [6.45, 7) is 1.28. The Hall–Kier alpha value is -1.59.